The molecule has 11 heavy (non-hydrogen) atoms. The summed E-state index contributed by atoms with van der Waals surface area (Å²) in [5.41, 5.74) is 6.10. The molecule has 0 fully saturated rings. The van der Waals surface area contributed by atoms with Gasteiger partial charge in [0.15, 0.2) is 0 Å². The SMILES string of the molecule is NC(CO)c1cc(Cl)ccn1. The molecule has 0 aliphatic carbocycles. The van der Waals surface area contributed by atoms with Gasteiger partial charge >= 0.3 is 0 Å². The Balaban J connectivity index is 2.86. The molecule has 0 amide bonds. The monoisotopic (exact) mass is 172 g/mol. The molecule has 0 aromatic carbocycles. The van der Waals surface area contributed by atoms with Crippen molar-refractivity contribution in [3.63, 3.8) is 0 Å². The predicted molar refractivity (Wildman–Crippen MR) is 43.3 cm³/mol. The Hall–Kier alpha value is -0.640. The van der Waals surface area contributed by atoms with Crippen molar-refractivity contribution in [3.8, 4) is 0 Å². The first kappa shape index (κ1) is 8.46. The minimum atomic E-state index is -0.436. The summed E-state index contributed by atoms with van der Waals surface area (Å²) in [6.07, 6.45) is 1.56. The molecule has 0 saturated carbocycles. The van der Waals surface area contributed by atoms with E-state index in [4.69, 9.17) is 22.4 Å². The first-order chi connectivity index (χ1) is 5.24. The lowest BCUT2D eigenvalue weighted by atomic mass is 10.2. The van der Waals surface area contributed by atoms with Crippen LogP contribution in [-0.4, -0.2) is 16.7 Å². The second-order valence-corrected chi connectivity index (χ2v) is 2.62. The van der Waals surface area contributed by atoms with Crippen LogP contribution in [-0.2, 0) is 0 Å². The highest BCUT2D eigenvalue weighted by Gasteiger charge is 2.04. The molecular formula is C7H9ClN2O. The lowest BCUT2D eigenvalue weighted by Gasteiger charge is -2.06. The summed E-state index contributed by atoms with van der Waals surface area (Å²) in [5, 5.41) is 9.25. The van der Waals surface area contributed by atoms with Crippen molar-refractivity contribution >= 4 is 11.6 Å². The number of aromatic nitrogens is 1. The van der Waals surface area contributed by atoms with E-state index in [0.29, 0.717) is 10.7 Å². The molecule has 3 N–H and O–H groups in total. The van der Waals surface area contributed by atoms with E-state index in [1.165, 1.54) is 0 Å². The van der Waals surface area contributed by atoms with Crippen LogP contribution in [0.1, 0.15) is 11.7 Å². The van der Waals surface area contributed by atoms with Crippen LogP contribution in [0.25, 0.3) is 0 Å². The molecule has 0 bridgehead atoms. The lowest BCUT2D eigenvalue weighted by molar-refractivity contribution is 0.266. The van der Waals surface area contributed by atoms with Crippen LogP contribution in [0.15, 0.2) is 18.3 Å². The third-order valence-electron chi connectivity index (χ3n) is 1.32. The summed E-state index contributed by atoms with van der Waals surface area (Å²) in [6, 6.07) is 2.87. The van der Waals surface area contributed by atoms with Crippen LogP contribution in [0.5, 0.6) is 0 Å². The Morgan fingerprint density at radius 3 is 3.00 bits per heavy atom. The van der Waals surface area contributed by atoms with Gasteiger partial charge in [-0.3, -0.25) is 4.98 Å². The smallest absolute Gasteiger partial charge is 0.0705 e. The molecule has 1 atom stereocenters. The zero-order valence-corrected chi connectivity index (χ0v) is 6.62. The van der Waals surface area contributed by atoms with E-state index in [2.05, 4.69) is 4.98 Å². The van der Waals surface area contributed by atoms with E-state index >= 15 is 0 Å². The molecule has 1 aromatic rings. The van der Waals surface area contributed by atoms with Crippen molar-refractivity contribution in [3.05, 3.63) is 29.0 Å². The molecule has 0 saturated heterocycles. The maximum absolute atomic E-state index is 8.67. The fourth-order valence-electron chi connectivity index (χ4n) is 0.717. The standard InChI is InChI=1S/C7H9ClN2O/c8-5-1-2-10-7(3-5)6(9)4-11/h1-3,6,11H,4,9H2. The quantitative estimate of drug-likeness (QED) is 0.692. The van der Waals surface area contributed by atoms with Crippen LogP contribution >= 0.6 is 11.6 Å². The van der Waals surface area contributed by atoms with E-state index in [9.17, 15) is 0 Å². The summed E-state index contributed by atoms with van der Waals surface area (Å²) in [7, 11) is 0. The van der Waals surface area contributed by atoms with Gasteiger partial charge in [-0.1, -0.05) is 11.6 Å². The van der Waals surface area contributed by atoms with Gasteiger partial charge in [-0.25, -0.2) is 0 Å². The van der Waals surface area contributed by atoms with E-state index < -0.39 is 6.04 Å². The van der Waals surface area contributed by atoms with Gasteiger partial charge in [-0.2, -0.15) is 0 Å². The van der Waals surface area contributed by atoms with E-state index in [1.54, 1.807) is 18.3 Å². The highest BCUT2D eigenvalue weighted by atomic mass is 35.5. The first-order valence-corrected chi connectivity index (χ1v) is 3.59. The summed E-state index contributed by atoms with van der Waals surface area (Å²) in [6.45, 7) is -0.118. The normalized spacial score (nSPS) is 13.0. The molecule has 4 heteroatoms. The molecule has 0 spiro atoms. The van der Waals surface area contributed by atoms with Gasteiger partial charge in [0.25, 0.3) is 0 Å². The Morgan fingerprint density at radius 1 is 1.73 bits per heavy atom. The van der Waals surface area contributed by atoms with Crippen molar-refractivity contribution < 1.29 is 5.11 Å². The van der Waals surface area contributed by atoms with Crippen molar-refractivity contribution in [1.82, 2.24) is 4.98 Å². The number of aliphatic hydroxyl groups is 1. The molecule has 60 valence electrons. The fraction of sp³-hybridized carbons (Fsp3) is 0.286. The molecule has 1 aromatic heterocycles. The number of aliphatic hydroxyl groups excluding tert-OH is 1. The summed E-state index contributed by atoms with van der Waals surface area (Å²) < 4.78 is 0. The highest BCUT2D eigenvalue weighted by molar-refractivity contribution is 6.30. The summed E-state index contributed by atoms with van der Waals surface area (Å²) >= 11 is 5.67. The summed E-state index contributed by atoms with van der Waals surface area (Å²) in [5.74, 6) is 0. The van der Waals surface area contributed by atoms with Crippen molar-refractivity contribution in [2.45, 2.75) is 6.04 Å². The largest absolute Gasteiger partial charge is 0.394 e. The van der Waals surface area contributed by atoms with Gasteiger partial charge in [-0.15, -0.1) is 0 Å². The zero-order valence-electron chi connectivity index (χ0n) is 5.87. The third kappa shape index (κ3) is 2.15. The third-order valence-corrected chi connectivity index (χ3v) is 1.55. The zero-order chi connectivity index (χ0) is 8.27. The Morgan fingerprint density at radius 2 is 2.45 bits per heavy atom. The molecule has 1 heterocycles. The van der Waals surface area contributed by atoms with Gasteiger partial charge in [-0.05, 0) is 12.1 Å². The molecule has 1 unspecified atom stereocenters. The number of pyridine rings is 1. The van der Waals surface area contributed by atoms with Crippen LogP contribution in [0.4, 0.5) is 0 Å². The maximum atomic E-state index is 8.67. The van der Waals surface area contributed by atoms with Gasteiger partial charge in [0.2, 0.25) is 0 Å². The van der Waals surface area contributed by atoms with Crippen LogP contribution in [0.3, 0.4) is 0 Å². The Bertz CT molecular complexity index is 242. The number of rotatable bonds is 2. The minimum Gasteiger partial charge on any atom is -0.394 e. The predicted octanol–water partition coefficient (Wildman–Crippen LogP) is 0.727. The van der Waals surface area contributed by atoms with E-state index in [-0.39, 0.29) is 6.61 Å². The second-order valence-electron chi connectivity index (χ2n) is 2.19. The van der Waals surface area contributed by atoms with E-state index in [0.717, 1.165) is 0 Å². The number of hydrogen-bond acceptors (Lipinski definition) is 3. The van der Waals surface area contributed by atoms with Crippen molar-refractivity contribution in [2.75, 3.05) is 6.61 Å². The molecule has 0 aliphatic rings. The maximum Gasteiger partial charge on any atom is 0.0705 e. The average molecular weight is 173 g/mol. The molecule has 0 aliphatic heterocycles. The fourth-order valence-corrected chi connectivity index (χ4v) is 0.886. The van der Waals surface area contributed by atoms with Gasteiger partial charge in [0, 0.05) is 11.2 Å². The second kappa shape index (κ2) is 3.67. The van der Waals surface area contributed by atoms with Crippen molar-refractivity contribution in [2.24, 2.45) is 5.73 Å². The lowest BCUT2D eigenvalue weighted by Crippen LogP contribution is -2.15. The number of nitrogens with two attached hydrogens (primary N) is 1. The molecule has 3 nitrogen and oxygen atoms in total. The molecular weight excluding hydrogens is 164 g/mol. The Labute approximate surface area is 69.8 Å². The van der Waals surface area contributed by atoms with Gasteiger partial charge in [0.05, 0.1) is 18.3 Å². The highest BCUT2D eigenvalue weighted by Crippen LogP contribution is 2.12. The van der Waals surface area contributed by atoms with Crippen molar-refractivity contribution in [1.29, 1.82) is 0 Å². The summed E-state index contributed by atoms with van der Waals surface area (Å²) in [4.78, 5) is 3.94. The van der Waals surface area contributed by atoms with Crippen LogP contribution in [0, 0.1) is 0 Å². The number of hydrogen-bond donors (Lipinski definition) is 2. The van der Waals surface area contributed by atoms with E-state index in [1.807, 2.05) is 0 Å². The average Bonchev–Trinajstić information content (AvgIpc) is 2.03. The van der Waals surface area contributed by atoms with Gasteiger partial charge in [0.1, 0.15) is 0 Å². The number of halogens is 1. The van der Waals surface area contributed by atoms with Gasteiger partial charge < -0.3 is 10.8 Å². The molecule has 1 rings (SSSR count). The first-order valence-electron chi connectivity index (χ1n) is 3.22. The molecule has 0 radical (unpaired) electrons. The topological polar surface area (TPSA) is 59.1 Å². The minimum absolute atomic E-state index is 0.118. The van der Waals surface area contributed by atoms with Crippen LogP contribution < -0.4 is 5.73 Å². The number of nitrogens with zero attached hydrogens (tertiary/aromatic N) is 1. The Kier molecular flexibility index (Phi) is 2.82. The van der Waals surface area contributed by atoms with Crippen LogP contribution in [0.2, 0.25) is 5.02 Å².